The molecule has 2 aromatic carbocycles. The highest BCUT2D eigenvalue weighted by Crippen LogP contribution is 2.26. The summed E-state index contributed by atoms with van der Waals surface area (Å²) in [7, 11) is -1.45. The quantitative estimate of drug-likeness (QED) is 0.702. The van der Waals surface area contributed by atoms with Gasteiger partial charge in [-0.3, -0.25) is 0 Å². The summed E-state index contributed by atoms with van der Waals surface area (Å²) >= 11 is 0. The lowest BCUT2D eigenvalue weighted by atomic mass is 9.80. The number of furan rings is 1. The molecule has 0 saturated heterocycles. The van der Waals surface area contributed by atoms with E-state index in [1.165, 1.54) is 0 Å². The lowest BCUT2D eigenvalue weighted by molar-refractivity contribution is 0.426. The van der Waals surface area contributed by atoms with E-state index >= 15 is 0 Å². The van der Waals surface area contributed by atoms with Crippen LogP contribution in [0.1, 0.15) is 6.42 Å². The summed E-state index contributed by atoms with van der Waals surface area (Å²) in [6.07, 6.45) is 9.18. The first kappa shape index (κ1) is 14.1. The Balaban J connectivity index is 1.95. The fraction of sp³-hybridized carbons (Fsp3) is 0.0526. The number of hydrogen-bond donors (Lipinski definition) is 2. The van der Waals surface area contributed by atoms with Gasteiger partial charge in [0, 0.05) is 16.2 Å². The van der Waals surface area contributed by atoms with Gasteiger partial charge in [0.05, 0.1) is 0 Å². The molecule has 3 aromatic rings. The summed E-state index contributed by atoms with van der Waals surface area (Å²) < 4.78 is 6.10. The number of rotatable bonds is 2. The van der Waals surface area contributed by atoms with Gasteiger partial charge >= 0.3 is 7.12 Å². The zero-order valence-corrected chi connectivity index (χ0v) is 12.4. The third-order valence-electron chi connectivity index (χ3n) is 4.14. The van der Waals surface area contributed by atoms with E-state index in [0.717, 1.165) is 39.2 Å². The number of para-hydroxylation sites is 1. The van der Waals surface area contributed by atoms with Crippen molar-refractivity contribution in [3.05, 3.63) is 65.3 Å². The van der Waals surface area contributed by atoms with Crippen molar-refractivity contribution in [2.24, 2.45) is 0 Å². The van der Waals surface area contributed by atoms with E-state index in [-0.39, 0.29) is 0 Å². The van der Waals surface area contributed by atoms with Crippen molar-refractivity contribution in [3.8, 4) is 11.1 Å². The van der Waals surface area contributed by atoms with Gasteiger partial charge in [0.2, 0.25) is 0 Å². The molecular formula is C19H15BO3. The Morgan fingerprint density at radius 2 is 1.83 bits per heavy atom. The minimum absolute atomic E-state index is 0.475. The van der Waals surface area contributed by atoms with Crippen LogP contribution in [-0.2, 0) is 0 Å². The van der Waals surface area contributed by atoms with Crippen LogP contribution in [0.2, 0.25) is 0 Å². The van der Waals surface area contributed by atoms with Crippen molar-refractivity contribution >= 4 is 35.7 Å². The fourth-order valence-corrected chi connectivity index (χ4v) is 2.97. The topological polar surface area (TPSA) is 53.6 Å². The zero-order valence-electron chi connectivity index (χ0n) is 12.4. The Bertz CT molecular complexity index is 1010. The predicted molar refractivity (Wildman–Crippen MR) is 93.4 cm³/mol. The van der Waals surface area contributed by atoms with Gasteiger partial charge < -0.3 is 14.5 Å². The Kier molecular flexibility index (Phi) is 3.41. The summed E-state index contributed by atoms with van der Waals surface area (Å²) in [5.41, 5.74) is 4.20. The molecule has 1 heterocycles. The summed E-state index contributed by atoms with van der Waals surface area (Å²) in [6, 6.07) is 13.3. The zero-order chi connectivity index (χ0) is 15.8. The molecule has 0 radical (unpaired) electrons. The molecule has 0 spiro atoms. The molecule has 1 aliphatic rings. The number of hydrogen-bond acceptors (Lipinski definition) is 3. The molecule has 4 rings (SSSR count). The summed E-state index contributed by atoms with van der Waals surface area (Å²) in [4.78, 5) is 0. The lowest BCUT2D eigenvalue weighted by Crippen LogP contribution is -2.29. The highest BCUT2D eigenvalue weighted by Gasteiger charge is 2.13. The Morgan fingerprint density at radius 1 is 1.00 bits per heavy atom. The monoisotopic (exact) mass is 302 g/mol. The molecule has 0 unspecified atom stereocenters. The molecule has 112 valence electrons. The Morgan fingerprint density at radius 3 is 2.61 bits per heavy atom. The van der Waals surface area contributed by atoms with Crippen molar-refractivity contribution in [1.82, 2.24) is 0 Å². The minimum atomic E-state index is -1.45. The number of allylic oxidation sites excluding steroid dienone is 2. The maximum atomic E-state index is 9.22. The van der Waals surface area contributed by atoms with Crippen LogP contribution in [0.25, 0.3) is 34.2 Å². The van der Waals surface area contributed by atoms with Crippen LogP contribution >= 0.6 is 0 Å². The van der Waals surface area contributed by atoms with Gasteiger partial charge in [0.1, 0.15) is 11.0 Å². The van der Waals surface area contributed by atoms with Crippen molar-refractivity contribution in [3.63, 3.8) is 0 Å². The first-order valence-corrected chi connectivity index (χ1v) is 7.59. The smallest absolute Gasteiger partial charge is 0.455 e. The SMILES string of the molecule is OB(O)c1ccc(-c2cccc3c4c(oc23)=CC=CCC=4)cc1. The van der Waals surface area contributed by atoms with Gasteiger partial charge in [-0.05, 0) is 23.5 Å². The van der Waals surface area contributed by atoms with E-state index in [2.05, 4.69) is 18.2 Å². The third-order valence-corrected chi connectivity index (χ3v) is 4.14. The minimum Gasteiger partial charge on any atom is -0.455 e. The standard InChI is InChI=1S/C19H15BO3/c21-20(22)14-11-9-13(10-12-14)15-6-4-7-17-16-5-2-1-3-8-18(16)23-19(15)17/h1,3-12,21-22H,2H2. The van der Waals surface area contributed by atoms with Crippen LogP contribution in [0.15, 0.2) is 59.0 Å². The molecule has 0 fully saturated rings. The molecule has 0 amide bonds. The van der Waals surface area contributed by atoms with Gasteiger partial charge in [-0.15, -0.1) is 0 Å². The van der Waals surface area contributed by atoms with Crippen LogP contribution in [0, 0.1) is 0 Å². The van der Waals surface area contributed by atoms with Crippen molar-refractivity contribution < 1.29 is 14.5 Å². The molecular weight excluding hydrogens is 287 g/mol. The predicted octanol–water partition coefficient (Wildman–Crippen LogP) is 1.30. The average molecular weight is 302 g/mol. The molecule has 3 nitrogen and oxygen atoms in total. The third kappa shape index (κ3) is 2.42. The van der Waals surface area contributed by atoms with Crippen molar-refractivity contribution in [2.45, 2.75) is 6.42 Å². The molecule has 4 heteroatoms. The normalized spacial score (nSPS) is 13.1. The van der Waals surface area contributed by atoms with Gasteiger partial charge in [-0.25, -0.2) is 0 Å². The average Bonchev–Trinajstić information content (AvgIpc) is 2.76. The van der Waals surface area contributed by atoms with E-state index in [4.69, 9.17) is 4.42 Å². The van der Waals surface area contributed by atoms with Gasteiger partial charge in [0.25, 0.3) is 0 Å². The molecule has 1 aromatic heterocycles. The van der Waals surface area contributed by atoms with Gasteiger partial charge in [-0.2, -0.15) is 0 Å². The van der Waals surface area contributed by atoms with E-state index in [0.29, 0.717) is 5.46 Å². The maximum Gasteiger partial charge on any atom is 0.488 e. The van der Waals surface area contributed by atoms with Crippen LogP contribution in [0.4, 0.5) is 0 Å². The number of fused-ring (bicyclic) bond motifs is 3. The van der Waals surface area contributed by atoms with Crippen LogP contribution in [0.3, 0.4) is 0 Å². The number of benzene rings is 2. The molecule has 0 saturated carbocycles. The lowest BCUT2D eigenvalue weighted by Gasteiger charge is -2.04. The van der Waals surface area contributed by atoms with Gasteiger partial charge in [-0.1, -0.05) is 60.7 Å². The summed E-state index contributed by atoms with van der Waals surface area (Å²) in [6.45, 7) is 0. The Labute approximate surface area is 133 Å². The molecule has 1 aliphatic carbocycles. The highest BCUT2D eigenvalue weighted by molar-refractivity contribution is 6.58. The van der Waals surface area contributed by atoms with Crippen LogP contribution in [0.5, 0.6) is 0 Å². The molecule has 0 atom stereocenters. The second-order valence-electron chi connectivity index (χ2n) is 5.59. The highest BCUT2D eigenvalue weighted by atomic mass is 16.4. The van der Waals surface area contributed by atoms with E-state index in [1.54, 1.807) is 12.1 Å². The fourth-order valence-electron chi connectivity index (χ4n) is 2.97. The van der Waals surface area contributed by atoms with E-state index < -0.39 is 7.12 Å². The second-order valence-corrected chi connectivity index (χ2v) is 5.59. The van der Waals surface area contributed by atoms with Crippen LogP contribution in [-0.4, -0.2) is 17.2 Å². The molecule has 0 bridgehead atoms. The molecule has 23 heavy (non-hydrogen) atoms. The van der Waals surface area contributed by atoms with E-state index in [1.807, 2.05) is 36.4 Å². The maximum absolute atomic E-state index is 9.22. The summed E-state index contributed by atoms with van der Waals surface area (Å²) in [5, 5.41) is 20.7. The second kappa shape index (κ2) is 5.58. The summed E-state index contributed by atoms with van der Waals surface area (Å²) in [5.74, 6) is 0. The van der Waals surface area contributed by atoms with Crippen LogP contribution < -0.4 is 16.1 Å². The van der Waals surface area contributed by atoms with E-state index in [9.17, 15) is 10.0 Å². The first-order valence-electron chi connectivity index (χ1n) is 7.59. The largest absolute Gasteiger partial charge is 0.488 e. The van der Waals surface area contributed by atoms with Gasteiger partial charge in [0.15, 0.2) is 0 Å². The van der Waals surface area contributed by atoms with Crippen molar-refractivity contribution in [2.75, 3.05) is 0 Å². The van der Waals surface area contributed by atoms with Crippen molar-refractivity contribution in [1.29, 1.82) is 0 Å². The Hall–Kier alpha value is -2.56. The molecule has 2 N–H and O–H groups in total. The molecule has 0 aliphatic heterocycles. The first-order chi connectivity index (χ1) is 11.2.